The zero-order chi connectivity index (χ0) is 14.2. The van der Waals surface area contributed by atoms with Gasteiger partial charge in [-0.25, -0.2) is 8.42 Å². The lowest BCUT2D eigenvalue weighted by molar-refractivity contribution is -0.138. The van der Waals surface area contributed by atoms with Crippen LogP contribution in [0.1, 0.15) is 19.3 Å². The summed E-state index contributed by atoms with van der Waals surface area (Å²) in [6.07, 6.45) is 2.07. The van der Waals surface area contributed by atoms with E-state index in [2.05, 4.69) is 10.2 Å². The van der Waals surface area contributed by atoms with Crippen LogP contribution >= 0.6 is 0 Å². The Hall–Kier alpha value is -0.660. The Balaban J connectivity index is 1.55. The van der Waals surface area contributed by atoms with Gasteiger partial charge in [0.2, 0.25) is 5.91 Å². The number of rotatable bonds is 2. The minimum absolute atomic E-state index is 0.156. The fourth-order valence-electron chi connectivity index (χ4n) is 3.35. The third-order valence-electron chi connectivity index (χ3n) is 4.70. The van der Waals surface area contributed by atoms with Crippen molar-refractivity contribution in [1.82, 2.24) is 15.1 Å². The van der Waals surface area contributed by atoms with Gasteiger partial charge in [-0.05, 0) is 12.8 Å². The van der Waals surface area contributed by atoms with Crippen LogP contribution in [0, 0.1) is 0 Å². The number of likely N-dealkylation sites (tertiary alicyclic amines) is 1. The van der Waals surface area contributed by atoms with Crippen LogP contribution in [0.3, 0.4) is 0 Å². The van der Waals surface area contributed by atoms with Crippen LogP contribution in [0.5, 0.6) is 0 Å². The Morgan fingerprint density at radius 3 is 2.45 bits per heavy atom. The Kier molecular flexibility index (Phi) is 4.01. The quantitative estimate of drug-likeness (QED) is 0.714. The molecule has 1 N–H and O–H groups in total. The molecule has 1 amide bonds. The maximum Gasteiger partial charge on any atom is 0.241 e. The molecule has 3 aliphatic rings. The summed E-state index contributed by atoms with van der Waals surface area (Å²) < 4.78 is 24.0. The maximum absolute atomic E-state index is 12.3. The SMILES string of the molecule is O=C(C1CCCCS1(=O)=O)N1CC(N2CCNCC2)C1. The highest BCUT2D eigenvalue weighted by molar-refractivity contribution is 7.92. The van der Waals surface area contributed by atoms with Crippen molar-refractivity contribution >= 4 is 15.7 Å². The van der Waals surface area contributed by atoms with E-state index >= 15 is 0 Å². The fourth-order valence-corrected chi connectivity index (χ4v) is 5.22. The number of hydrogen-bond donors (Lipinski definition) is 1. The van der Waals surface area contributed by atoms with Crippen LogP contribution in [0.4, 0.5) is 0 Å². The normalized spacial score (nSPS) is 31.8. The van der Waals surface area contributed by atoms with Crippen LogP contribution in [-0.4, -0.2) is 80.4 Å². The average molecular weight is 301 g/mol. The maximum atomic E-state index is 12.3. The molecule has 3 heterocycles. The van der Waals surface area contributed by atoms with E-state index in [4.69, 9.17) is 0 Å². The molecular formula is C13H23N3O3S. The molecule has 114 valence electrons. The van der Waals surface area contributed by atoms with Crippen LogP contribution in [0.2, 0.25) is 0 Å². The van der Waals surface area contributed by atoms with Crippen molar-refractivity contribution in [2.75, 3.05) is 45.0 Å². The van der Waals surface area contributed by atoms with Crippen molar-refractivity contribution in [3.8, 4) is 0 Å². The number of nitrogens with one attached hydrogen (secondary N) is 1. The number of carbonyl (C=O) groups is 1. The summed E-state index contributed by atoms with van der Waals surface area (Å²) in [6, 6.07) is 0.423. The first-order chi connectivity index (χ1) is 9.58. The first-order valence-electron chi connectivity index (χ1n) is 7.53. The van der Waals surface area contributed by atoms with Crippen molar-refractivity contribution < 1.29 is 13.2 Å². The molecule has 0 aliphatic carbocycles. The molecule has 20 heavy (non-hydrogen) atoms. The Morgan fingerprint density at radius 1 is 1.10 bits per heavy atom. The summed E-state index contributed by atoms with van der Waals surface area (Å²) in [5, 5.41) is 2.55. The molecule has 0 bridgehead atoms. The number of hydrogen-bond acceptors (Lipinski definition) is 5. The molecule has 1 unspecified atom stereocenters. The van der Waals surface area contributed by atoms with Crippen LogP contribution in [-0.2, 0) is 14.6 Å². The third kappa shape index (κ3) is 2.71. The van der Waals surface area contributed by atoms with E-state index in [1.54, 1.807) is 4.90 Å². The van der Waals surface area contributed by atoms with Gasteiger partial charge >= 0.3 is 0 Å². The third-order valence-corrected chi connectivity index (χ3v) is 6.86. The minimum Gasteiger partial charge on any atom is -0.338 e. The topological polar surface area (TPSA) is 69.7 Å². The molecule has 1 atom stereocenters. The molecule has 3 rings (SSSR count). The monoisotopic (exact) mass is 301 g/mol. The first kappa shape index (κ1) is 14.3. The van der Waals surface area contributed by atoms with Gasteiger partial charge in [-0.15, -0.1) is 0 Å². The number of nitrogens with zero attached hydrogens (tertiary/aromatic N) is 2. The summed E-state index contributed by atoms with van der Waals surface area (Å²) in [5.41, 5.74) is 0. The van der Waals surface area contributed by atoms with Crippen molar-refractivity contribution in [2.45, 2.75) is 30.6 Å². The second-order valence-electron chi connectivity index (χ2n) is 6.03. The summed E-state index contributed by atoms with van der Waals surface area (Å²) in [7, 11) is -3.20. The van der Waals surface area contributed by atoms with Crippen LogP contribution < -0.4 is 5.32 Å². The number of piperazine rings is 1. The number of amides is 1. The smallest absolute Gasteiger partial charge is 0.241 e. The van der Waals surface area contributed by atoms with Gasteiger partial charge in [-0.1, -0.05) is 6.42 Å². The van der Waals surface area contributed by atoms with Gasteiger partial charge in [-0.3, -0.25) is 9.69 Å². The molecule has 0 radical (unpaired) electrons. The van der Waals surface area contributed by atoms with Crippen LogP contribution in [0.15, 0.2) is 0 Å². The van der Waals surface area contributed by atoms with Gasteiger partial charge in [0.05, 0.1) is 5.75 Å². The Bertz CT molecular complexity index is 467. The molecule has 0 aromatic rings. The van der Waals surface area contributed by atoms with E-state index in [1.165, 1.54) is 0 Å². The van der Waals surface area contributed by atoms with Gasteiger partial charge in [0, 0.05) is 45.3 Å². The van der Waals surface area contributed by atoms with E-state index in [9.17, 15) is 13.2 Å². The van der Waals surface area contributed by atoms with Gasteiger partial charge in [0.25, 0.3) is 0 Å². The standard InChI is InChI=1S/C13H23N3O3S/c17-13(12-3-1-2-8-20(12,18)19)16-9-11(10-16)15-6-4-14-5-7-15/h11-12,14H,1-10H2. The predicted octanol–water partition coefficient (Wildman–Crippen LogP) is -0.930. The highest BCUT2D eigenvalue weighted by Gasteiger charge is 2.42. The zero-order valence-electron chi connectivity index (χ0n) is 11.8. The van der Waals surface area contributed by atoms with E-state index in [1.807, 2.05) is 0 Å². The lowest BCUT2D eigenvalue weighted by Gasteiger charge is -2.47. The van der Waals surface area contributed by atoms with Gasteiger partial charge in [0.1, 0.15) is 5.25 Å². The molecule has 3 saturated heterocycles. The van der Waals surface area contributed by atoms with Crippen LogP contribution in [0.25, 0.3) is 0 Å². The van der Waals surface area contributed by atoms with Gasteiger partial charge < -0.3 is 10.2 Å². The van der Waals surface area contributed by atoms with E-state index in [0.29, 0.717) is 32.0 Å². The molecule has 0 aromatic carbocycles. The van der Waals surface area contributed by atoms with Crippen molar-refractivity contribution in [2.24, 2.45) is 0 Å². The van der Waals surface area contributed by atoms with Crippen molar-refractivity contribution in [3.05, 3.63) is 0 Å². The van der Waals surface area contributed by atoms with Gasteiger partial charge in [-0.2, -0.15) is 0 Å². The Morgan fingerprint density at radius 2 is 1.80 bits per heavy atom. The largest absolute Gasteiger partial charge is 0.338 e. The lowest BCUT2D eigenvalue weighted by Crippen LogP contribution is -2.65. The predicted molar refractivity (Wildman–Crippen MR) is 76.2 cm³/mol. The van der Waals surface area contributed by atoms with Gasteiger partial charge in [0.15, 0.2) is 9.84 Å². The molecule has 0 spiro atoms. The fraction of sp³-hybridized carbons (Fsp3) is 0.923. The lowest BCUT2D eigenvalue weighted by atomic mass is 10.0. The number of sulfone groups is 1. The highest BCUT2D eigenvalue weighted by Crippen LogP contribution is 2.25. The van der Waals surface area contributed by atoms with Crippen molar-refractivity contribution in [1.29, 1.82) is 0 Å². The zero-order valence-corrected chi connectivity index (χ0v) is 12.6. The minimum atomic E-state index is -3.20. The second-order valence-corrected chi connectivity index (χ2v) is 8.34. The average Bonchev–Trinajstić information content (AvgIpc) is 2.37. The molecule has 3 aliphatic heterocycles. The molecule has 7 heteroatoms. The molecule has 0 saturated carbocycles. The van der Waals surface area contributed by atoms with Crippen molar-refractivity contribution in [3.63, 3.8) is 0 Å². The summed E-state index contributed by atoms with van der Waals surface area (Å²) in [4.78, 5) is 16.5. The molecule has 3 fully saturated rings. The van der Waals surface area contributed by atoms with E-state index < -0.39 is 15.1 Å². The first-order valence-corrected chi connectivity index (χ1v) is 9.24. The Labute approximate surface area is 120 Å². The van der Waals surface area contributed by atoms with E-state index in [0.717, 1.165) is 32.6 Å². The number of carbonyl (C=O) groups excluding carboxylic acids is 1. The highest BCUT2D eigenvalue weighted by atomic mass is 32.2. The summed E-state index contributed by atoms with van der Waals surface area (Å²) in [6.45, 7) is 5.45. The molecule has 6 nitrogen and oxygen atoms in total. The second kappa shape index (κ2) is 5.61. The summed E-state index contributed by atoms with van der Waals surface area (Å²) in [5.74, 6) is 0.0226. The molecule has 0 aromatic heterocycles. The summed E-state index contributed by atoms with van der Waals surface area (Å²) >= 11 is 0. The van der Waals surface area contributed by atoms with E-state index in [-0.39, 0.29) is 11.7 Å². The molecular weight excluding hydrogens is 278 g/mol.